The van der Waals surface area contributed by atoms with Crippen molar-refractivity contribution in [2.45, 2.75) is 18.9 Å². The fourth-order valence-corrected chi connectivity index (χ4v) is 1.83. The van der Waals surface area contributed by atoms with E-state index in [0.29, 0.717) is 10.7 Å². The van der Waals surface area contributed by atoms with E-state index < -0.39 is 24.5 Å². The van der Waals surface area contributed by atoms with E-state index in [9.17, 15) is 26.3 Å². The summed E-state index contributed by atoms with van der Waals surface area (Å²) in [5, 5.41) is 12.4. The van der Waals surface area contributed by atoms with E-state index in [1.165, 1.54) is 0 Å². The molecule has 116 valence electrons. The summed E-state index contributed by atoms with van der Waals surface area (Å²) in [5.74, 6) is 0. The summed E-state index contributed by atoms with van der Waals surface area (Å²) in [6.45, 7) is -1.37. The molecule has 0 radical (unpaired) electrons. The van der Waals surface area contributed by atoms with Crippen molar-refractivity contribution >= 4 is 0 Å². The second-order valence-corrected chi connectivity index (χ2v) is 4.41. The highest BCUT2D eigenvalue weighted by Crippen LogP contribution is 2.34. The van der Waals surface area contributed by atoms with E-state index in [0.717, 1.165) is 24.5 Å². The molecule has 1 aromatic carbocycles. The minimum Gasteiger partial charge on any atom is -0.263 e. The van der Waals surface area contributed by atoms with Crippen LogP contribution in [-0.4, -0.2) is 16.0 Å². The number of hydrogen-bond acceptors (Lipinski definition) is 2. The first-order chi connectivity index (χ1) is 10.1. The topological polar surface area (TPSA) is 41.6 Å². The molecular weight excluding hydrogens is 312 g/mol. The summed E-state index contributed by atoms with van der Waals surface area (Å²) in [7, 11) is 0. The lowest BCUT2D eigenvalue weighted by atomic mass is 10.00. The summed E-state index contributed by atoms with van der Waals surface area (Å²) < 4.78 is 75.4. The second kappa shape index (κ2) is 5.36. The first-order valence-electron chi connectivity index (χ1n) is 5.81. The van der Waals surface area contributed by atoms with Crippen LogP contribution in [0.4, 0.5) is 26.3 Å². The number of nitrogens with zero attached hydrogens (tertiary/aromatic N) is 3. The number of alkyl halides is 6. The van der Waals surface area contributed by atoms with Crippen LogP contribution in [0, 0.1) is 11.3 Å². The molecule has 0 aliphatic carbocycles. The van der Waals surface area contributed by atoms with Gasteiger partial charge in [0.1, 0.15) is 6.54 Å². The van der Waals surface area contributed by atoms with Gasteiger partial charge < -0.3 is 0 Å². The van der Waals surface area contributed by atoms with Gasteiger partial charge in [-0.3, -0.25) is 4.68 Å². The molecule has 0 spiro atoms. The third-order valence-electron chi connectivity index (χ3n) is 2.75. The first-order valence-corrected chi connectivity index (χ1v) is 5.81. The summed E-state index contributed by atoms with van der Waals surface area (Å²) in [5.41, 5.74) is -1.19. The van der Waals surface area contributed by atoms with Crippen LogP contribution in [0.15, 0.2) is 30.6 Å². The number of hydrogen-bond donors (Lipinski definition) is 0. The van der Waals surface area contributed by atoms with Crippen molar-refractivity contribution in [1.82, 2.24) is 9.78 Å². The van der Waals surface area contributed by atoms with Gasteiger partial charge in [0, 0.05) is 17.3 Å². The lowest BCUT2D eigenvalue weighted by molar-refractivity contribution is -0.142. The average molecular weight is 319 g/mol. The predicted octanol–water partition coefficient (Wildman–Crippen LogP) is 4.00. The van der Waals surface area contributed by atoms with Crippen molar-refractivity contribution in [2.75, 3.05) is 0 Å². The molecule has 22 heavy (non-hydrogen) atoms. The lowest BCUT2D eigenvalue weighted by Crippen LogP contribution is -2.17. The Bertz CT molecular complexity index is 721. The Labute approximate surface area is 120 Å². The zero-order valence-corrected chi connectivity index (χ0v) is 10.7. The monoisotopic (exact) mass is 319 g/mol. The van der Waals surface area contributed by atoms with Gasteiger partial charge in [-0.15, -0.1) is 0 Å². The van der Waals surface area contributed by atoms with Crippen molar-refractivity contribution in [2.24, 2.45) is 0 Å². The van der Waals surface area contributed by atoms with Gasteiger partial charge >= 0.3 is 12.4 Å². The Hall–Kier alpha value is -2.50. The molecule has 1 aromatic heterocycles. The average Bonchev–Trinajstić information content (AvgIpc) is 2.83. The summed E-state index contributed by atoms with van der Waals surface area (Å²) in [4.78, 5) is 0. The van der Waals surface area contributed by atoms with Gasteiger partial charge in [0.15, 0.2) is 0 Å². The second-order valence-electron chi connectivity index (χ2n) is 4.41. The summed E-state index contributed by atoms with van der Waals surface area (Å²) in [6.07, 6.45) is -7.19. The minimum absolute atomic E-state index is 0.00639. The minimum atomic E-state index is -4.62. The first kappa shape index (κ1) is 15.9. The van der Waals surface area contributed by atoms with Crippen LogP contribution in [0.5, 0.6) is 0 Å². The maximum atomic E-state index is 12.7. The van der Waals surface area contributed by atoms with E-state index in [-0.39, 0.29) is 16.7 Å². The molecule has 0 aliphatic rings. The van der Waals surface area contributed by atoms with Crippen LogP contribution in [0.25, 0.3) is 11.1 Å². The molecule has 9 heteroatoms. The zero-order chi connectivity index (χ0) is 16.5. The van der Waals surface area contributed by atoms with E-state index >= 15 is 0 Å². The molecule has 2 aromatic rings. The summed E-state index contributed by atoms with van der Waals surface area (Å²) >= 11 is 0. The third-order valence-corrected chi connectivity index (χ3v) is 2.75. The van der Waals surface area contributed by atoms with Gasteiger partial charge in [-0.1, -0.05) is 0 Å². The highest BCUT2D eigenvalue weighted by molar-refractivity contribution is 5.70. The van der Waals surface area contributed by atoms with Crippen LogP contribution in [0.1, 0.15) is 11.1 Å². The normalized spacial score (nSPS) is 12.2. The van der Waals surface area contributed by atoms with Crippen LogP contribution >= 0.6 is 0 Å². The molecule has 0 bridgehead atoms. The molecule has 0 saturated heterocycles. The molecule has 0 aliphatic heterocycles. The van der Waals surface area contributed by atoms with Crippen molar-refractivity contribution in [3.8, 4) is 17.2 Å². The van der Waals surface area contributed by atoms with Gasteiger partial charge in [-0.05, 0) is 18.2 Å². The standard InChI is InChI=1S/C13H7F6N3/c14-12(15,16)7-22-6-9(5-21-22)11-3-10(13(17,18)19)2-1-8(11)4-20/h1-3,5-6H,7H2. The van der Waals surface area contributed by atoms with Crippen molar-refractivity contribution in [3.63, 3.8) is 0 Å². The quantitative estimate of drug-likeness (QED) is 0.785. The van der Waals surface area contributed by atoms with Crippen LogP contribution in [-0.2, 0) is 12.7 Å². The molecule has 0 fully saturated rings. The fourth-order valence-electron chi connectivity index (χ4n) is 1.83. The van der Waals surface area contributed by atoms with Gasteiger partial charge in [0.2, 0.25) is 0 Å². The Morgan fingerprint density at radius 1 is 1.14 bits per heavy atom. The van der Waals surface area contributed by atoms with E-state index in [1.807, 2.05) is 0 Å². The molecule has 1 heterocycles. The number of nitriles is 1. The van der Waals surface area contributed by atoms with Crippen LogP contribution in [0.2, 0.25) is 0 Å². The molecule has 0 saturated carbocycles. The third kappa shape index (κ3) is 3.58. The van der Waals surface area contributed by atoms with Gasteiger partial charge in [0.05, 0.1) is 23.4 Å². The highest BCUT2D eigenvalue weighted by Gasteiger charge is 2.32. The largest absolute Gasteiger partial charge is 0.416 e. The Balaban J connectivity index is 2.46. The molecule has 3 nitrogen and oxygen atoms in total. The smallest absolute Gasteiger partial charge is 0.263 e. The summed E-state index contributed by atoms with van der Waals surface area (Å²) in [6, 6.07) is 4.13. The number of benzene rings is 1. The lowest BCUT2D eigenvalue weighted by Gasteiger charge is -2.09. The molecule has 0 N–H and O–H groups in total. The van der Waals surface area contributed by atoms with Crippen LogP contribution in [0.3, 0.4) is 0 Å². The van der Waals surface area contributed by atoms with Crippen molar-refractivity contribution < 1.29 is 26.3 Å². The van der Waals surface area contributed by atoms with Crippen LogP contribution < -0.4 is 0 Å². The Morgan fingerprint density at radius 2 is 1.82 bits per heavy atom. The number of rotatable bonds is 2. The number of aromatic nitrogens is 2. The Morgan fingerprint density at radius 3 is 2.36 bits per heavy atom. The van der Waals surface area contributed by atoms with Gasteiger partial charge in [0.25, 0.3) is 0 Å². The zero-order valence-electron chi connectivity index (χ0n) is 10.7. The highest BCUT2D eigenvalue weighted by atomic mass is 19.4. The molecule has 0 unspecified atom stereocenters. The molecule has 2 rings (SSSR count). The van der Waals surface area contributed by atoms with Crippen molar-refractivity contribution in [3.05, 3.63) is 41.7 Å². The van der Waals surface area contributed by atoms with Crippen molar-refractivity contribution in [1.29, 1.82) is 5.26 Å². The molecule has 0 amide bonds. The van der Waals surface area contributed by atoms with E-state index in [1.54, 1.807) is 6.07 Å². The van der Waals surface area contributed by atoms with E-state index in [4.69, 9.17) is 5.26 Å². The maximum absolute atomic E-state index is 12.7. The molecular formula is C13H7F6N3. The number of halogens is 6. The maximum Gasteiger partial charge on any atom is 0.416 e. The molecule has 0 atom stereocenters. The predicted molar refractivity (Wildman–Crippen MR) is 63.4 cm³/mol. The van der Waals surface area contributed by atoms with Gasteiger partial charge in [-0.2, -0.15) is 36.7 Å². The van der Waals surface area contributed by atoms with E-state index in [2.05, 4.69) is 5.10 Å². The van der Waals surface area contributed by atoms with Gasteiger partial charge in [-0.25, -0.2) is 0 Å². The SMILES string of the molecule is N#Cc1ccc(C(F)(F)F)cc1-c1cnn(CC(F)(F)F)c1. The Kier molecular flexibility index (Phi) is 3.87. The fraction of sp³-hybridized carbons (Fsp3) is 0.231.